The third-order valence-corrected chi connectivity index (χ3v) is 13.4. The van der Waals surface area contributed by atoms with Crippen LogP contribution in [0.5, 0.6) is 0 Å². The van der Waals surface area contributed by atoms with Crippen molar-refractivity contribution in [1.29, 1.82) is 0 Å². The van der Waals surface area contributed by atoms with Gasteiger partial charge < -0.3 is 9.32 Å². The zero-order valence-corrected chi connectivity index (χ0v) is 30.5. The first kappa shape index (κ1) is 30.0. The summed E-state index contributed by atoms with van der Waals surface area (Å²) < 4.78 is 11.7. The van der Waals surface area contributed by atoms with E-state index in [2.05, 4.69) is 169 Å². The van der Waals surface area contributed by atoms with E-state index in [-0.39, 0.29) is 0 Å². The molecule has 0 aliphatic heterocycles. The summed E-state index contributed by atoms with van der Waals surface area (Å²) in [5.41, 5.74) is 7.53. The van der Waals surface area contributed by atoms with E-state index in [4.69, 9.17) is 4.42 Å². The largest absolute Gasteiger partial charge is 0.456 e. The molecule has 0 amide bonds. The molecule has 4 heteroatoms. The average molecular weight is 724 g/mol. The number of thiophene rings is 2. The van der Waals surface area contributed by atoms with Gasteiger partial charge in [-0.1, -0.05) is 109 Å². The fourth-order valence-electron chi connectivity index (χ4n) is 8.53. The van der Waals surface area contributed by atoms with Crippen molar-refractivity contribution < 1.29 is 4.42 Å². The maximum atomic E-state index is 6.26. The van der Waals surface area contributed by atoms with Crippen LogP contribution in [0, 0.1) is 0 Å². The Hall–Kier alpha value is -6.46. The predicted molar refractivity (Wildman–Crippen MR) is 235 cm³/mol. The lowest BCUT2D eigenvalue weighted by atomic mass is 9.98. The van der Waals surface area contributed by atoms with Gasteiger partial charge in [-0.25, -0.2) is 0 Å². The molecule has 0 unspecified atom stereocenters. The first-order chi connectivity index (χ1) is 26.7. The van der Waals surface area contributed by atoms with Gasteiger partial charge in [0.1, 0.15) is 11.2 Å². The van der Waals surface area contributed by atoms with Crippen LogP contribution in [0.25, 0.3) is 95.0 Å². The van der Waals surface area contributed by atoms with Crippen molar-refractivity contribution >= 4 is 124 Å². The smallest absolute Gasteiger partial charge is 0.135 e. The Morgan fingerprint density at radius 2 is 1.04 bits per heavy atom. The molecule has 0 atom stereocenters. The van der Waals surface area contributed by atoms with Crippen molar-refractivity contribution in [1.82, 2.24) is 0 Å². The maximum Gasteiger partial charge on any atom is 0.135 e. The first-order valence-electron chi connectivity index (χ1n) is 18.2. The van der Waals surface area contributed by atoms with Gasteiger partial charge in [-0.05, 0) is 94.0 Å². The van der Waals surface area contributed by atoms with Gasteiger partial charge in [0, 0.05) is 67.9 Å². The van der Waals surface area contributed by atoms with Crippen molar-refractivity contribution in [2.24, 2.45) is 0 Å². The van der Waals surface area contributed by atoms with Gasteiger partial charge in [0.05, 0.1) is 5.69 Å². The molecule has 0 saturated heterocycles. The summed E-state index contributed by atoms with van der Waals surface area (Å²) in [4.78, 5) is 2.41. The molecule has 12 rings (SSSR count). The Bertz CT molecular complexity index is 3460. The highest BCUT2D eigenvalue weighted by Crippen LogP contribution is 2.47. The number of rotatable bonds is 4. The van der Waals surface area contributed by atoms with E-state index in [1.165, 1.54) is 73.0 Å². The van der Waals surface area contributed by atoms with Crippen LogP contribution in [0.4, 0.5) is 17.1 Å². The van der Waals surface area contributed by atoms with E-state index in [1.807, 2.05) is 34.8 Å². The van der Waals surface area contributed by atoms with Crippen LogP contribution in [-0.2, 0) is 0 Å². The number of furan rings is 1. The molecule has 0 aliphatic rings. The van der Waals surface area contributed by atoms with E-state index in [0.29, 0.717) is 0 Å². The summed E-state index contributed by atoms with van der Waals surface area (Å²) in [5.74, 6) is 0. The predicted octanol–water partition coefficient (Wildman–Crippen LogP) is 15.8. The molecule has 12 aromatic rings. The van der Waals surface area contributed by atoms with Crippen molar-refractivity contribution in [2.45, 2.75) is 0 Å². The van der Waals surface area contributed by atoms with E-state index in [9.17, 15) is 0 Å². The van der Waals surface area contributed by atoms with Gasteiger partial charge >= 0.3 is 0 Å². The summed E-state index contributed by atoms with van der Waals surface area (Å²) in [7, 11) is 0. The summed E-state index contributed by atoms with van der Waals surface area (Å²) in [6, 6.07) is 64.2. The quantitative estimate of drug-likeness (QED) is 0.168. The first-order valence-corrected chi connectivity index (χ1v) is 19.9. The lowest BCUT2D eigenvalue weighted by Crippen LogP contribution is -2.10. The van der Waals surface area contributed by atoms with Crippen LogP contribution in [0.1, 0.15) is 0 Å². The van der Waals surface area contributed by atoms with Crippen molar-refractivity contribution in [3.05, 3.63) is 176 Å². The van der Waals surface area contributed by atoms with Crippen LogP contribution in [-0.4, -0.2) is 0 Å². The zero-order valence-electron chi connectivity index (χ0n) is 28.9. The second-order valence-corrected chi connectivity index (χ2v) is 16.2. The Balaban J connectivity index is 1.03. The highest BCUT2D eigenvalue weighted by Gasteiger charge is 2.20. The highest BCUT2D eigenvalue weighted by atomic mass is 32.1. The number of hydrogen-bond donors (Lipinski definition) is 0. The topological polar surface area (TPSA) is 16.4 Å². The maximum absolute atomic E-state index is 6.26. The number of fused-ring (bicyclic) bond motifs is 13. The molecule has 0 N–H and O–H groups in total. The molecule has 3 heterocycles. The SMILES string of the molecule is c1ccc2c(c1)cc(N(c1ccc(-c3ccc4sc5c(ccc6sc7ccccc7c65)c4c3)cc1)c1ccc3oc4ccccc4c3c1)c1ccccc12. The van der Waals surface area contributed by atoms with Gasteiger partial charge in [-0.3, -0.25) is 0 Å². The Morgan fingerprint density at radius 3 is 1.93 bits per heavy atom. The Morgan fingerprint density at radius 1 is 0.370 bits per heavy atom. The molecular weight excluding hydrogens is 695 g/mol. The number of anilines is 3. The number of hydrogen-bond acceptors (Lipinski definition) is 4. The number of nitrogens with zero attached hydrogens (tertiary/aromatic N) is 1. The van der Waals surface area contributed by atoms with Crippen LogP contribution >= 0.6 is 22.7 Å². The van der Waals surface area contributed by atoms with Crippen molar-refractivity contribution in [3.63, 3.8) is 0 Å². The molecular formula is C50H29NOS2. The summed E-state index contributed by atoms with van der Waals surface area (Å²) >= 11 is 3.80. The molecule has 0 aliphatic carbocycles. The zero-order chi connectivity index (χ0) is 35.3. The number of para-hydroxylation sites is 1. The lowest BCUT2D eigenvalue weighted by Gasteiger charge is -2.28. The number of benzene rings is 9. The molecule has 0 spiro atoms. The fraction of sp³-hybridized carbons (Fsp3) is 0. The summed E-state index contributed by atoms with van der Waals surface area (Å²) in [6.07, 6.45) is 0. The molecule has 54 heavy (non-hydrogen) atoms. The van der Waals surface area contributed by atoms with E-state index < -0.39 is 0 Å². The van der Waals surface area contributed by atoms with Crippen LogP contribution in [0.3, 0.4) is 0 Å². The Kier molecular flexibility index (Phi) is 6.41. The monoisotopic (exact) mass is 723 g/mol. The van der Waals surface area contributed by atoms with E-state index in [0.717, 1.165) is 39.0 Å². The van der Waals surface area contributed by atoms with Gasteiger partial charge in [0.15, 0.2) is 0 Å². The standard InChI is InChI=1S/C50H29NOS2/c1-2-10-35-32(9-1)28-43(37-12-4-3-11-36(35)37)51(34-22-24-45-41(29-34)38-13-5-7-15-44(38)52-45)33-20-17-30(18-21-33)31-19-25-47-42(27-31)39-23-26-48-49(50(39)54-47)40-14-6-8-16-46(40)53-48/h1-29H. The normalized spacial score (nSPS) is 12.1. The second kappa shape index (κ2) is 11.5. The Labute approximate surface area is 318 Å². The van der Waals surface area contributed by atoms with Crippen molar-refractivity contribution in [3.8, 4) is 11.1 Å². The molecule has 0 bridgehead atoms. The molecule has 9 aromatic carbocycles. The minimum Gasteiger partial charge on any atom is -0.456 e. The second-order valence-electron chi connectivity index (χ2n) is 14.0. The van der Waals surface area contributed by atoms with Crippen LogP contribution in [0.2, 0.25) is 0 Å². The lowest BCUT2D eigenvalue weighted by molar-refractivity contribution is 0.669. The third kappa shape index (κ3) is 4.45. The van der Waals surface area contributed by atoms with Gasteiger partial charge in [0.2, 0.25) is 0 Å². The van der Waals surface area contributed by atoms with Gasteiger partial charge in [0.25, 0.3) is 0 Å². The molecule has 0 saturated carbocycles. The summed E-state index contributed by atoms with van der Waals surface area (Å²) in [6.45, 7) is 0. The fourth-order valence-corrected chi connectivity index (χ4v) is 10.9. The molecule has 2 nitrogen and oxygen atoms in total. The van der Waals surface area contributed by atoms with Gasteiger partial charge in [-0.15, -0.1) is 22.7 Å². The van der Waals surface area contributed by atoms with E-state index >= 15 is 0 Å². The van der Waals surface area contributed by atoms with Gasteiger partial charge in [-0.2, -0.15) is 0 Å². The molecule has 0 radical (unpaired) electrons. The highest BCUT2D eigenvalue weighted by molar-refractivity contribution is 7.29. The van der Waals surface area contributed by atoms with Crippen LogP contribution in [0.15, 0.2) is 180 Å². The average Bonchev–Trinajstić information content (AvgIpc) is 3.92. The van der Waals surface area contributed by atoms with Crippen molar-refractivity contribution in [2.75, 3.05) is 4.90 Å². The molecule has 0 fully saturated rings. The minimum atomic E-state index is 0.892. The van der Waals surface area contributed by atoms with E-state index in [1.54, 1.807) is 0 Å². The molecule has 252 valence electrons. The molecule has 3 aromatic heterocycles. The minimum absolute atomic E-state index is 0.892. The third-order valence-electron chi connectivity index (χ3n) is 11.0. The summed E-state index contributed by atoms with van der Waals surface area (Å²) in [5, 5.41) is 12.6. The van der Waals surface area contributed by atoms with Crippen LogP contribution < -0.4 is 4.90 Å².